The molecule has 0 N–H and O–H groups in total. The highest BCUT2D eigenvalue weighted by Crippen LogP contribution is 2.35. The second-order valence-corrected chi connectivity index (χ2v) is 4.62. The molecule has 0 spiro atoms. The van der Waals surface area contributed by atoms with Crippen molar-refractivity contribution in [2.45, 2.75) is 0 Å². The third kappa shape index (κ3) is 2.24. The van der Waals surface area contributed by atoms with E-state index < -0.39 is 28.9 Å². The number of rotatable bonds is 2. The lowest BCUT2D eigenvalue weighted by atomic mass is 10.1. The Labute approximate surface area is 123 Å². The predicted octanol–water partition coefficient (Wildman–Crippen LogP) is 3.11. The molecule has 22 heavy (non-hydrogen) atoms. The molecular formula is C15H10F3NO3. The summed E-state index contributed by atoms with van der Waals surface area (Å²) >= 11 is 0. The van der Waals surface area contributed by atoms with Gasteiger partial charge in [-0.25, -0.2) is 13.2 Å². The van der Waals surface area contributed by atoms with Crippen molar-refractivity contribution >= 4 is 11.6 Å². The lowest BCUT2D eigenvalue weighted by molar-refractivity contribution is 0.0988. The van der Waals surface area contributed by atoms with Gasteiger partial charge in [0.1, 0.15) is 0 Å². The molecule has 2 aromatic rings. The SMILES string of the molecule is CN(C(=O)c1ccc(F)c(F)c1F)c1ccc2c(c1)OCO2. The fourth-order valence-corrected chi connectivity index (χ4v) is 2.08. The number of benzene rings is 2. The minimum Gasteiger partial charge on any atom is -0.454 e. The van der Waals surface area contributed by atoms with E-state index in [0.29, 0.717) is 23.3 Å². The molecular weight excluding hydrogens is 299 g/mol. The number of halogens is 3. The summed E-state index contributed by atoms with van der Waals surface area (Å²) in [4.78, 5) is 13.4. The number of ether oxygens (including phenoxy) is 2. The maximum absolute atomic E-state index is 13.7. The highest BCUT2D eigenvalue weighted by molar-refractivity contribution is 6.06. The summed E-state index contributed by atoms with van der Waals surface area (Å²) in [5, 5.41) is 0. The lowest BCUT2D eigenvalue weighted by Crippen LogP contribution is -2.27. The third-order valence-corrected chi connectivity index (χ3v) is 3.31. The number of hydrogen-bond acceptors (Lipinski definition) is 3. The highest BCUT2D eigenvalue weighted by atomic mass is 19.2. The van der Waals surface area contributed by atoms with Gasteiger partial charge in [0.25, 0.3) is 5.91 Å². The smallest absolute Gasteiger partial charge is 0.261 e. The monoisotopic (exact) mass is 309 g/mol. The molecule has 1 aliphatic rings. The first kappa shape index (κ1) is 14.2. The molecule has 0 saturated heterocycles. The van der Waals surface area contributed by atoms with Crippen LogP contribution >= 0.6 is 0 Å². The van der Waals surface area contributed by atoms with Crippen LogP contribution in [0.4, 0.5) is 18.9 Å². The van der Waals surface area contributed by atoms with E-state index in [2.05, 4.69) is 0 Å². The average Bonchev–Trinajstić information content (AvgIpc) is 2.99. The van der Waals surface area contributed by atoms with Crippen molar-refractivity contribution < 1.29 is 27.4 Å². The van der Waals surface area contributed by atoms with E-state index in [1.807, 2.05) is 0 Å². The summed E-state index contributed by atoms with van der Waals surface area (Å²) in [6.07, 6.45) is 0. The Morgan fingerprint density at radius 3 is 2.55 bits per heavy atom. The van der Waals surface area contributed by atoms with Crippen LogP contribution in [0.3, 0.4) is 0 Å². The van der Waals surface area contributed by atoms with Crippen molar-refractivity contribution in [3.8, 4) is 11.5 Å². The van der Waals surface area contributed by atoms with E-state index in [1.165, 1.54) is 13.1 Å². The molecule has 0 saturated carbocycles. The van der Waals surface area contributed by atoms with Crippen LogP contribution in [0.2, 0.25) is 0 Å². The second-order valence-electron chi connectivity index (χ2n) is 4.62. The largest absolute Gasteiger partial charge is 0.454 e. The predicted molar refractivity (Wildman–Crippen MR) is 71.6 cm³/mol. The summed E-state index contributed by atoms with van der Waals surface area (Å²) < 4.78 is 50.2. The zero-order valence-corrected chi connectivity index (χ0v) is 11.4. The number of fused-ring (bicyclic) bond motifs is 1. The number of carbonyl (C=O) groups excluding carboxylic acids is 1. The Balaban J connectivity index is 1.94. The lowest BCUT2D eigenvalue weighted by Gasteiger charge is -2.18. The Hall–Kier alpha value is -2.70. The van der Waals surface area contributed by atoms with Crippen LogP contribution in [0, 0.1) is 17.5 Å². The second kappa shape index (κ2) is 5.25. The Morgan fingerprint density at radius 1 is 1.05 bits per heavy atom. The Kier molecular flexibility index (Phi) is 3.40. The zero-order valence-electron chi connectivity index (χ0n) is 11.4. The maximum atomic E-state index is 13.7. The van der Waals surface area contributed by atoms with Crippen molar-refractivity contribution in [3.05, 3.63) is 53.3 Å². The number of amides is 1. The topological polar surface area (TPSA) is 38.8 Å². The summed E-state index contributed by atoms with van der Waals surface area (Å²) in [7, 11) is 1.39. The number of hydrogen-bond donors (Lipinski definition) is 0. The van der Waals surface area contributed by atoms with Gasteiger partial charge in [-0.3, -0.25) is 4.79 Å². The van der Waals surface area contributed by atoms with Gasteiger partial charge < -0.3 is 14.4 Å². The molecule has 0 bridgehead atoms. The van der Waals surface area contributed by atoms with Gasteiger partial charge in [-0.1, -0.05) is 0 Å². The first-order chi connectivity index (χ1) is 10.5. The van der Waals surface area contributed by atoms with Crippen molar-refractivity contribution in [2.24, 2.45) is 0 Å². The van der Waals surface area contributed by atoms with E-state index in [1.54, 1.807) is 12.1 Å². The molecule has 0 aromatic heterocycles. The van der Waals surface area contributed by atoms with Gasteiger partial charge in [0, 0.05) is 18.8 Å². The van der Waals surface area contributed by atoms with Crippen LogP contribution in [0.25, 0.3) is 0 Å². The standard InChI is InChI=1S/C15H10F3NO3/c1-19(8-2-5-11-12(6-8)22-7-21-11)15(20)9-3-4-10(16)14(18)13(9)17/h2-6H,7H2,1H3. The normalized spacial score (nSPS) is 12.4. The van der Waals surface area contributed by atoms with Gasteiger partial charge in [0.05, 0.1) is 5.56 Å². The quantitative estimate of drug-likeness (QED) is 0.800. The molecule has 3 rings (SSSR count). The van der Waals surface area contributed by atoms with Crippen LogP contribution < -0.4 is 14.4 Å². The van der Waals surface area contributed by atoms with Crippen LogP contribution in [0.5, 0.6) is 11.5 Å². The van der Waals surface area contributed by atoms with Crippen LogP contribution in [0.15, 0.2) is 30.3 Å². The molecule has 0 atom stereocenters. The first-order valence-corrected chi connectivity index (χ1v) is 6.30. The summed E-state index contributed by atoms with van der Waals surface area (Å²) in [5.41, 5.74) is -0.155. The fourth-order valence-electron chi connectivity index (χ4n) is 2.08. The van der Waals surface area contributed by atoms with Gasteiger partial charge in [-0.15, -0.1) is 0 Å². The molecule has 2 aromatic carbocycles. The minimum absolute atomic E-state index is 0.0776. The minimum atomic E-state index is -1.68. The third-order valence-electron chi connectivity index (χ3n) is 3.31. The summed E-state index contributed by atoms with van der Waals surface area (Å²) in [6.45, 7) is 0.0776. The van der Waals surface area contributed by atoms with Crippen LogP contribution in [0.1, 0.15) is 10.4 Å². The Bertz CT molecular complexity index is 764. The van der Waals surface area contributed by atoms with Crippen LogP contribution in [-0.4, -0.2) is 19.7 Å². The van der Waals surface area contributed by atoms with Crippen LogP contribution in [-0.2, 0) is 0 Å². The van der Waals surface area contributed by atoms with E-state index in [4.69, 9.17) is 9.47 Å². The highest BCUT2D eigenvalue weighted by Gasteiger charge is 2.23. The van der Waals surface area contributed by atoms with Crippen molar-refractivity contribution in [1.29, 1.82) is 0 Å². The molecule has 0 unspecified atom stereocenters. The number of nitrogens with zero attached hydrogens (tertiary/aromatic N) is 1. The molecule has 0 fully saturated rings. The molecule has 7 heteroatoms. The molecule has 1 heterocycles. The summed E-state index contributed by atoms with van der Waals surface area (Å²) in [6, 6.07) is 6.32. The average molecular weight is 309 g/mol. The van der Waals surface area contributed by atoms with Crippen molar-refractivity contribution in [2.75, 3.05) is 18.7 Å². The molecule has 114 valence electrons. The van der Waals surface area contributed by atoms with E-state index in [0.717, 1.165) is 11.0 Å². The molecule has 0 aliphatic carbocycles. The molecule has 1 amide bonds. The van der Waals surface area contributed by atoms with Gasteiger partial charge in [0.15, 0.2) is 29.0 Å². The van der Waals surface area contributed by atoms with Crippen molar-refractivity contribution in [3.63, 3.8) is 0 Å². The molecule has 0 radical (unpaired) electrons. The van der Waals surface area contributed by atoms with Gasteiger partial charge >= 0.3 is 0 Å². The molecule has 1 aliphatic heterocycles. The van der Waals surface area contributed by atoms with E-state index in [-0.39, 0.29) is 6.79 Å². The first-order valence-electron chi connectivity index (χ1n) is 6.30. The van der Waals surface area contributed by atoms with E-state index >= 15 is 0 Å². The fraction of sp³-hybridized carbons (Fsp3) is 0.133. The van der Waals surface area contributed by atoms with Gasteiger partial charge in [0.2, 0.25) is 6.79 Å². The van der Waals surface area contributed by atoms with Gasteiger partial charge in [-0.2, -0.15) is 0 Å². The number of carbonyl (C=O) groups is 1. The zero-order chi connectivity index (χ0) is 15.9. The maximum Gasteiger partial charge on any atom is 0.261 e. The Morgan fingerprint density at radius 2 is 1.77 bits per heavy atom. The van der Waals surface area contributed by atoms with Crippen molar-refractivity contribution in [1.82, 2.24) is 0 Å². The summed E-state index contributed by atoms with van der Waals surface area (Å²) in [5.74, 6) is -4.37. The number of anilines is 1. The van der Waals surface area contributed by atoms with Gasteiger partial charge in [-0.05, 0) is 24.3 Å². The van der Waals surface area contributed by atoms with E-state index in [9.17, 15) is 18.0 Å². The molecule has 4 nitrogen and oxygen atoms in total.